The Balaban J connectivity index is 1.91. The highest BCUT2D eigenvalue weighted by molar-refractivity contribution is 5.92. The van der Waals surface area contributed by atoms with Crippen molar-refractivity contribution in [2.75, 3.05) is 19.6 Å². The second kappa shape index (κ2) is 5.14. The van der Waals surface area contributed by atoms with Crippen LogP contribution in [0, 0.1) is 6.92 Å². The van der Waals surface area contributed by atoms with Gasteiger partial charge in [-0.25, -0.2) is 0 Å². The van der Waals surface area contributed by atoms with Crippen molar-refractivity contribution in [3.05, 3.63) is 29.1 Å². The largest absolute Gasteiger partial charge is 0.347 e. The lowest BCUT2D eigenvalue weighted by atomic mass is 10.1. The Morgan fingerprint density at radius 2 is 2.47 bits per heavy atom. The summed E-state index contributed by atoms with van der Waals surface area (Å²) in [5.74, 6) is -0.104. The minimum atomic E-state index is -0.104. The van der Waals surface area contributed by atoms with Crippen LogP contribution in [-0.2, 0) is 7.05 Å². The minimum Gasteiger partial charge on any atom is -0.347 e. The molecule has 0 bridgehead atoms. The SMILES string of the molecule is Cc1cc(C(=O)NCC2=CCNCC2)nn1C. The summed E-state index contributed by atoms with van der Waals surface area (Å²) in [6.07, 6.45) is 3.13. The van der Waals surface area contributed by atoms with Crippen LogP contribution in [0.3, 0.4) is 0 Å². The van der Waals surface area contributed by atoms with Crippen molar-refractivity contribution in [1.82, 2.24) is 20.4 Å². The molecular formula is C12H18N4O. The van der Waals surface area contributed by atoms with Crippen molar-refractivity contribution in [2.24, 2.45) is 7.05 Å². The second-order valence-electron chi connectivity index (χ2n) is 4.29. The van der Waals surface area contributed by atoms with E-state index >= 15 is 0 Å². The van der Waals surface area contributed by atoms with E-state index in [2.05, 4.69) is 21.8 Å². The Morgan fingerprint density at radius 3 is 3.06 bits per heavy atom. The van der Waals surface area contributed by atoms with E-state index in [1.165, 1.54) is 5.57 Å². The van der Waals surface area contributed by atoms with Crippen LogP contribution in [0.5, 0.6) is 0 Å². The number of carbonyl (C=O) groups is 1. The van der Waals surface area contributed by atoms with Gasteiger partial charge in [-0.05, 0) is 26.0 Å². The molecule has 0 radical (unpaired) electrons. The van der Waals surface area contributed by atoms with Crippen molar-refractivity contribution >= 4 is 5.91 Å². The van der Waals surface area contributed by atoms with Gasteiger partial charge in [-0.15, -0.1) is 0 Å². The van der Waals surface area contributed by atoms with Crippen molar-refractivity contribution in [3.8, 4) is 0 Å². The van der Waals surface area contributed by atoms with Crippen LogP contribution in [0.2, 0.25) is 0 Å². The Hall–Kier alpha value is -1.62. The Morgan fingerprint density at radius 1 is 1.65 bits per heavy atom. The number of nitrogens with zero attached hydrogens (tertiary/aromatic N) is 2. The smallest absolute Gasteiger partial charge is 0.272 e. The maximum Gasteiger partial charge on any atom is 0.272 e. The third-order valence-corrected chi connectivity index (χ3v) is 2.98. The Kier molecular flexibility index (Phi) is 3.58. The number of aromatic nitrogens is 2. The summed E-state index contributed by atoms with van der Waals surface area (Å²) in [6, 6.07) is 1.80. The van der Waals surface area contributed by atoms with Crippen LogP contribution in [0.25, 0.3) is 0 Å². The molecule has 2 heterocycles. The fourth-order valence-electron chi connectivity index (χ4n) is 1.79. The summed E-state index contributed by atoms with van der Waals surface area (Å²) in [4.78, 5) is 11.8. The van der Waals surface area contributed by atoms with Gasteiger partial charge in [-0.1, -0.05) is 11.6 Å². The molecule has 1 aromatic rings. The van der Waals surface area contributed by atoms with E-state index in [0.717, 1.165) is 25.2 Å². The van der Waals surface area contributed by atoms with Crippen molar-refractivity contribution in [1.29, 1.82) is 0 Å². The summed E-state index contributed by atoms with van der Waals surface area (Å²) in [5.41, 5.74) is 2.75. The normalized spacial score (nSPS) is 15.5. The summed E-state index contributed by atoms with van der Waals surface area (Å²) < 4.78 is 1.71. The topological polar surface area (TPSA) is 59.0 Å². The average Bonchev–Trinajstić information content (AvgIpc) is 2.68. The molecule has 0 fully saturated rings. The maximum atomic E-state index is 11.8. The predicted octanol–water partition coefficient (Wildman–Crippen LogP) is 0.378. The molecule has 1 aliphatic rings. The Labute approximate surface area is 101 Å². The molecule has 1 aromatic heterocycles. The van der Waals surface area contributed by atoms with Crippen LogP contribution < -0.4 is 10.6 Å². The van der Waals surface area contributed by atoms with Gasteiger partial charge in [0.2, 0.25) is 0 Å². The summed E-state index contributed by atoms with van der Waals surface area (Å²) in [6.45, 7) is 4.44. The molecule has 0 unspecified atom stereocenters. The highest BCUT2D eigenvalue weighted by atomic mass is 16.1. The summed E-state index contributed by atoms with van der Waals surface area (Å²) in [7, 11) is 1.83. The number of rotatable bonds is 3. The molecule has 0 spiro atoms. The quantitative estimate of drug-likeness (QED) is 0.743. The molecule has 1 aliphatic heterocycles. The minimum absolute atomic E-state index is 0.104. The van der Waals surface area contributed by atoms with E-state index in [4.69, 9.17) is 0 Å². The highest BCUT2D eigenvalue weighted by Gasteiger charge is 2.11. The van der Waals surface area contributed by atoms with Gasteiger partial charge in [0, 0.05) is 25.8 Å². The lowest BCUT2D eigenvalue weighted by Crippen LogP contribution is -2.29. The molecule has 0 aromatic carbocycles. The number of amides is 1. The molecule has 0 atom stereocenters. The van der Waals surface area contributed by atoms with Gasteiger partial charge in [0.05, 0.1) is 0 Å². The van der Waals surface area contributed by atoms with E-state index in [9.17, 15) is 4.79 Å². The third kappa shape index (κ3) is 2.94. The second-order valence-corrected chi connectivity index (χ2v) is 4.29. The number of hydrogen-bond donors (Lipinski definition) is 2. The standard InChI is InChI=1S/C12H18N4O/c1-9-7-11(15-16(9)2)12(17)14-8-10-3-5-13-6-4-10/h3,7,13H,4-6,8H2,1-2H3,(H,14,17). The first kappa shape index (κ1) is 11.9. The summed E-state index contributed by atoms with van der Waals surface area (Å²) in [5, 5.41) is 10.3. The van der Waals surface area contributed by atoms with Crippen molar-refractivity contribution in [2.45, 2.75) is 13.3 Å². The third-order valence-electron chi connectivity index (χ3n) is 2.98. The molecule has 0 aliphatic carbocycles. The van der Waals surface area contributed by atoms with Crippen LogP contribution in [-0.4, -0.2) is 35.3 Å². The molecule has 0 saturated heterocycles. The van der Waals surface area contributed by atoms with Gasteiger partial charge < -0.3 is 10.6 Å². The molecule has 5 nitrogen and oxygen atoms in total. The maximum absolute atomic E-state index is 11.8. The first-order valence-electron chi connectivity index (χ1n) is 5.84. The first-order valence-corrected chi connectivity index (χ1v) is 5.84. The van der Waals surface area contributed by atoms with E-state index in [-0.39, 0.29) is 5.91 Å². The van der Waals surface area contributed by atoms with Gasteiger partial charge in [-0.3, -0.25) is 9.48 Å². The zero-order valence-electron chi connectivity index (χ0n) is 10.3. The predicted molar refractivity (Wildman–Crippen MR) is 65.8 cm³/mol. The molecule has 5 heteroatoms. The zero-order valence-corrected chi connectivity index (χ0v) is 10.3. The Bertz CT molecular complexity index is 428. The van der Waals surface area contributed by atoms with E-state index < -0.39 is 0 Å². The molecule has 0 saturated carbocycles. The fourth-order valence-corrected chi connectivity index (χ4v) is 1.79. The number of nitrogens with one attached hydrogen (secondary N) is 2. The van der Waals surface area contributed by atoms with Crippen LogP contribution in [0.4, 0.5) is 0 Å². The van der Waals surface area contributed by atoms with Gasteiger partial charge in [0.1, 0.15) is 5.69 Å². The number of carbonyl (C=O) groups excluding carboxylic acids is 1. The first-order chi connectivity index (χ1) is 8.16. The van der Waals surface area contributed by atoms with Crippen molar-refractivity contribution in [3.63, 3.8) is 0 Å². The molecule has 1 amide bonds. The molecule has 2 N–H and O–H groups in total. The van der Waals surface area contributed by atoms with Gasteiger partial charge in [0.15, 0.2) is 0 Å². The zero-order chi connectivity index (χ0) is 12.3. The molecular weight excluding hydrogens is 216 g/mol. The molecule has 92 valence electrons. The average molecular weight is 234 g/mol. The fraction of sp³-hybridized carbons (Fsp3) is 0.500. The van der Waals surface area contributed by atoms with Crippen LogP contribution in [0.1, 0.15) is 22.6 Å². The number of hydrogen-bond acceptors (Lipinski definition) is 3. The van der Waals surface area contributed by atoms with Gasteiger partial charge >= 0.3 is 0 Å². The van der Waals surface area contributed by atoms with E-state index in [1.54, 1.807) is 10.7 Å². The lowest BCUT2D eigenvalue weighted by Gasteiger charge is -2.14. The van der Waals surface area contributed by atoms with Crippen LogP contribution in [0.15, 0.2) is 17.7 Å². The highest BCUT2D eigenvalue weighted by Crippen LogP contribution is 2.04. The van der Waals surface area contributed by atoms with E-state index in [0.29, 0.717) is 12.2 Å². The molecule has 17 heavy (non-hydrogen) atoms. The van der Waals surface area contributed by atoms with Gasteiger partial charge in [-0.2, -0.15) is 5.10 Å². The number of aryl methyl sites for hydroxylation is 2. The summed E-state index contributed by atoms with van der Waals surface area (Å²) >= 11 is 0. The lowest BCUT2D eigenvalue weighted by molar-refractivity contribution is 0.0951. The van der Waals surface area contributed by atoms with Gasteiger partial charge in [0.25, 0.3) is 5.91 Å². The van der Waals surface area contributed by atoms with Crippen molar-refractivity contribution < 1.29 is 4.79 Å². The van der Waals surface area contributed by atoms with Crippen LogP contribution >= 0.6 is 0 Å². The monoisotopic (exact) mass is 234 g/mol. The molecule has 2 rings (SSSR count). The van der Waals surface area contributed by atoms with E-state index in [1.807, 2.05) is 14.0 Å².